The van der Waals surface area contributed by atoms with Gasteiger partial charge in [0.15, 0.2) is 0 Å². The van der Waals surface area contributed by atoms with Crippen LogP contribution in [0.5, 0.6) is 0 Å². The highest BCUT2D eigenvalue weighted by molar-refractivity contribution is 5.69. The van der Waals surface area contributed by atoms with Gasteiger partial charge in [0, 0.05) is 19.3 Å². The lowest BCUT2D eigenvalue weighted by Gasteiger charge is -2.29. The molecule has 1 aliphatic rings. The Bertz CT molecular complexity index is 227. The minimum atomic E-state index is 0.287. The molecule has 0 radical (unpaired) electrons. The molecule has 1 fully saturated rings. The maximum absolute atomic E-state index is 6.95. The number of hydrogen-bond donors (Lipinski definition) is 1. The van der Waals surface area contributed by atoms with Gasteiger partial charge in [0.05, 0.1) is 0 Å². The van der Waals surface area contributed by atoms with Crippen LogP contribution in [0.3, 0.4) is 0 Å². The van der Waals surface area contributed by atoms with E-state index in [0.29, 0.717) is 5.76 Å². The fourth-order valence-electron chi connectivity index (χ4n) is 1.53. The molecule has 1 rings (SSSR count). The zero-order valence-corrected chi connectivity index (χ0v) is 8.70. The van der Waals surface area contributed by atoms with Gasteiger partial charge in [0.1, 0.15) is 11.9 Å². The molecular formula is C11H18N2O. The first kappa shape index (κ1) is 11.0. The molecule has 0 unspecified atom stereocenters. The molecule has 0 atom stereocenters. The average Bonchev–Trinajstić information content (AvgIpc) is 2.20. The number of nitrogens with zero attached hydrogens (tertiary/aromatic N) is 1. The molecule has 0 bridgehead atoms. The van der Waals surface area contributed by atoms with Crippen LogP contribution in [0, 0.1) is 5.41 Å². The van der Waals surface area contributed by atoms with Crippen LogP contribution in [0.25, 0.3) is 0 Å². The summed E-state index contributed by atoms with van der Waals surface area (Å²) >= 11 is 0. The van der Waals surface area contributed by atoms with Gasteiger partial charge in [-0.15, -0.1) is 0 Å². The van der Waals surface area contributed by atoms with Crippen molar-refractivity contribution in [1.29, 1.82) is 5.41 Å². The average molecular weight is 194 g/mol. The lowest BCUT2D eigenvalue weighted by atomic mass is 10.1. The zero-order chi connectivity index (χ0) is 10.4. The first-order valence-electron chi connectivity index (χ1n) is 4.94. The van der Waals surface area contributed by atoms with Crippen molar-refractivity contribution in [2.45, 2.75) is 18.9 Å². The quantitative estimate of drug-likeness (QED) is 0.421. The second kappa shape index (κ2) is 5.60. The molecule has 1 heterocycles. The van der Waals surface area contributed by atoms with E-state index in [9.17, 15) is 0 Å². The summed E-state index contributed by atoms with van der Waals surface area (Å²) in [6.07, 6.45) is 6.91. The predicted molar refractivity (Wildman–Crippen MR) is 58.7 cm³/mol. The molecular weight excluding hydrogens is 176 g/mol. The van der Waals surface area contributed by atoms with Gasteiger partial charge in [0.25, 0.3) is 0 Å². The number of rotatable bonds is 4. The highest BCUT2D eigenvalue weighted by Gasteiger charge is 2.17. The van der Waals surface area contributed by atoms with Gasteiger partial charge < -0.3 is 15.0 Å². The Morgan fingerprint density at radius 2 is 2.14 bits per heavy atom. The van der Waals surface area contributed by atoms with Crippen molar-refractivity contribution in [2.24, 2.45) is 0 Å². The molecule has 0 aromatic rings. The van der Waals surface area contributed by atoms with Crippen LogP contribution in [-0.2, 0) is 4.74 Å². The third-order valence-corrected chi connectivity index (χ3v) is 2.42. The maximum Gasteiger partial charge on any atom is 0.120 e. The van der Waals surface area contributed by atoms with E-state index < -0.39 is 0 Å². The zero-order valence-electron chi connectivity index (χ0n) is 8.70. The van der Waals surface area contributed by atoms with Crippen molar-refractivity contribution < 1.29 is 4.74 Å². The largest absolute Gasteiger partial charge is 0.490 e. The van der Waals surface area contributed by atoms with E-state index in [1.165, 1.54) is 6.21 Å². The summed E-state index contributed by atoms with van der Waals surface area (Å²) in [7, 11) is 2.12. The molecule has 0 spiro atoms. The van der Waals surface area contributed by atoms with Gasteiger partial charge in [-0.3, -0.25) is 0 Å². The molecule has 0 saturated carbocycles. The van der Waals surface area contributed by atoms with Crippen molar-refractivity contribution >= 4 is 6.21 Å². The van der Waals surface area contributed by atoms with Crippen molar-refractivity contribution in [3.05, 3.63) is 24.5 Å². The molecule has 14 heavy (non-hydrogen) atoms. The number of hydrogen-bond acceptors (Lipinski definition) is 3. The minimum Gasteiger partial charge on any atom is -0.490 e. The lowest BCUT2D eigenvalue weighted by molar-refractivity contribution is 0.0645. The van der Waals surface area contributed by atoms with E-state index in [0.717, 1.165) is 25.9 Å². The number of nitrogens with one attached hydrogen (secondary N) is 1. The Morgan fingerprint density at radius 1 is 1.50 bits per heavy atom. The maximum atomic E-state index is 6.95. The number of likely N-dealkylation sites (tertiary alicyclic amines) is 1. The summed E-state index contributed by atoms with van der Waals surface area (Å²) in [4.78, 5) is 2.30. The van der Waals surface area contributed by atoms with Gasteiger partial charge >= 0.3 is 0 Å². The normalized spacial score (nSPS) is 20.5. The van der Waals surface area contributed by atoms with E-state index in [1.807, 2.05) is 0 Å². The summed E-state index contributed by atoms with van der Waals surface area (Å²) in [5.41, 5.74) is 0. The van der Waals surface area contributed by atoms with E-state index in [-0.39, 0.29) is 6.10 Å². The molecule has 1 N–H and O–H groups in total. The fourth-order valence-corrected chi connectivity index (χ4v) is 1.53. The van der Waals surface area contributed by atoms with Gasteiger partial charge in [0.2, 0.25) is 0 Å². The smallest absolute Gasteiger partial charge is 0.120 e. The Labute approximate surface area is 85.6 Å². The third-order valence-electron chi connectivity index (χ3n) is 2.42. The van der Waals surface area contributed by atoms with Crippen LogP contribution < -0.4 is 0 Å². The molecule has 0 aliphatic carbocycles. The number of piperidine rings is 1. The topological polar surface area (TPSA) is 36.3 Å². The first-order valence-corrected chi connectivity index (χ1v) is 4.94. The van der Waals surface area contributed by atoms with Crippen molar-refractivity contribution in [3.8, 4) is 0 Å². The Balaban J connectivity index is 2.39. The Kier molecular flexibility index (Phi) is 4.40. The summed E-state index contributed by atoms with van der Waals surface area (Å²) in [5.74, 6) is 0.703. The highest BCUT2D eigenvalue weighted by atomic mass is 16.5. The van der Waals surface area contributed by atoms with Gasteiger partial charge in [-0.05, 0) is 32.0 Å². The first-order chi connectivity index (χ1) is 6.76. The summed E-state index contributed by atoms with van der Waals surface area (Å²) in [5, 5.41) is 6.95. The number of allylic oxidation sites excluding steroid dienone is 2. The van der Waals surface area contributed by atoms with Crippen LogP contribution in [-0.4, -0.2) is 37.4 Å². The third kappa shape index (κ3) is 3.34. The number of ether oxygens (including phenoxy) is 1. The van der Waals surface area contributed by atoms with Crippen LogP contribution in [0.2, 0.25) is 0 Å². The van der Waals surface area contributed by atoms with Crippen molar-refractivity contribution in [2.75, 3.05) is 20.1 Å². The second-order valence-corrected chi connectivity index (χ2v) is 3.56. The monoisotopic (exact) mass is 194 g/mol. The molecule has 3 heteroatoms. The molecule has 0 aromatic carbocycles. The SMILES string of the molecule is C=CC(=CC=N)OC1CCN(C)CC1. The Morgan fingerprint density at radius 3 is 2.64 bits per heavy atom. The Hall–Kier alpha value is -1.09. The van der Waals surface area contributed by atoms with Crippen LogP contribution in [0.4, 0.5) is 0 Å². The van der Waals surface area contributed by atoms with Crippen molar-refractivity contribution in [1.82, 2.24) is 4.90 Å². The van der Waals surface area contributed by atoms with E-state index >= 15 is 0 Å². The predicted octanol–water partition coefficient (Wildman–Crippen LogP) is 1.82. The fraction of sp³-hybridized carbons (Fsp3) is 0.545. The minimum absolute atomic E-state index is 0.287. The molecule has 0 amide bonds. The van der Waals surface area contributed by atoms with Gasteiger partial charge in [-0.25, -0.2) is 0 Å². The molecule has 3 nitrogen and oxygen atoms in total. The van der Waals surface area contributed by atoms with E-state index in [1.54, 1.807) is 12.2 Å². The summed E-state index contributed by atoms with van der Waals surface area (Å²) < 4.78 is 5.69. The molecule has 78 valence electrons. The standard InChI is InChI=1S/C11H18N2O/c1-3-10(4-7-12)14-11-5-8-13(2)9-6-11/h3-4,7,11-12H,1,5-6,8-9H2,2H3. The molecule has 0 aromatic heterocycles. The molecule has 1 aliphatic heterocycles. The second-order valence-electron chi connectivity index (χ2n) is 3.56. The van der Waals surface area contributed by atoms with Crippen LogP contribution in [0.1, 0.15) is 12.8 Å². The van der Waals surface area contributed by atoms with Crippen molar-refractivity contribution in [3.63, 3.8) is 0 Å². The summed E-state index contributed by atoms with van der Waals surface area (Å²) in [6, 6.07) is 0. The van der Waals surface area contributed by atoms with Gasteiger partial charge in [-0.1, -0.05) is 6.58 Å². The molecule has 1 saturated heterocycles. The van der Waals surface area contributed by atoms with Crippen LogP contribution in [0.15, 0.2) is 24.5 Å². The van der Waals surface area contributed by atoms with E-state index in [4.69, 9.17) is 10.1 Å². The van der Waals surface area contributed by atoms with Gasteiger partial charge in [-0.2, -0.15) is 0 Å². The highest BCUT2D eigenvalue weighted by Crippen LogP contribution is 2.15. The van der Waals surface area contributed by atoms with Crippen LogP contribution >= 0.6 is 0 Å². The van der Waals surface area contributed by atoms with E-state index in [2.05, 4.69) is 18.5 Å². The summed E-state index contributed by atoms with van der Waals surface area (Å²) in [6.45, 7) is 5.82. The lowest BCUT2D eigenvalue weighted by Crippen LogP contribution is -2.34.